The third-order valence-corrected chi connectivity index (χ3v) is 11.5. The summed E-state index contributed by atoms with van der Waals surface area (Å²) in [5.41, 5.74) is 0.181. The maximum absolute atomic E-state index is 12.5. The molecule has 0 spiro atoms. The van der Waals surface area contributed by atoms with E-state index < -0.39 is 36.7 Å². The predicted molar refractivity (Wildman–Crippen MR) is 131 cm³/mol. The van der Waals surface area contributed by atoms with Crippen LogP contribution in [0.4, 0.5) is 0 Å². The van der Waals surface area contributed by atoms with Crippen molar-refractivity contribution >= 4 is 11.8 Å². The van der Waals surface area contributed by atoms with Gasteiger partial charge >= 0.3 is 5.97 Å². The van der Waals surface area contributed by atoms with E-state index in [-0.39, 0.29) is 35.2 Å². The number of aliphatic hydroxyl groups is 4. The summed E-state index contributed by atoms with van der Waals surface area (Å²) >= 11 is 0. The number of fused-ring (bicyclic) bond motifs is 5. The number of ketones is 1. The first-order valence-corrected chi connectivity index (χ1v) is 14.1. The van der Waals surface area contributed by atoms with Gasteiger partial charge in [-0.05, 0) is 92.3 Å². The molecule has 0 aromatic heterocycles. The smallest absolute Gasteiger partial charge is 0.337 e. The van der Waals surface area contributed by atoms with Crippen molar-refractivity contribution in [2.24, 2.45) is 40.4 Å². The third kappa shape index (κ3) is 4.38. The Morgan fingerprint density at radius 2 is 1.59 bits per heavy atom. The number of aliphatic hydroxyl groups excluding tert-OH is 4. The Bertz CT molecular complexity index is 880. The second-order valence-electron chi connectivity index (χ2n) is 12.9. The molecule has 9 nitrogen and oxygen atoms in total. The highest BCUT2D eigenvalue weighted by atomic mass is 16.7. The molecule has 4 N–H and O–H groups in total. The van der Waals surface area contributed by atoms with E-state index in [0.29, 0.717) is 23.7 Å². The Kier molecular flexibility index (Phi) is 7.53. The van der Waals surface area contributed by atoms with Gasteiger partial charge in [0.25, 0.3) is 0 Å². The molecular weight excluding hydrogens is 480 g/mol. The topological polar surface area (TPSA) is 143 Å². The first-order valence-electron chi connectivity index (χ1n) is 14.1. The zero-order valence-corrected chi connectivity index (χ0v) is 22.3. The number of Topliss-reactive ketones (excluding diaryl/α,β-unsaturated/α-hetero) is 1. The Labute approximate surface area is 218 Å². The van der Waals surface area contributed by atoms with E-state index in [0.717, 1.165) is 57.8 Å². The fraction of sp³-hybridized carbons (Fsp3) is 0.929. The number of carbonyl (C=O) groups is 2. The molecule has 1 heterocycles. The van der Waals surface area contributed by atoms with E-state index in [1.54, 1.807) is 0 Å². The lowest BCUT2D eigenvalue weighted by atomic mass is 9.44. The average molecular weight is 525 g/mol. The van der Waals surface area contributed by atoms with Crippen molar-refractivity contribution in [1.82, 2.24) is 0 Å². The molecule has 5 rings (SSSR count). The molecule has 0 aromatic rings. The van der Waals surface area contributed by atoms with Crippen LogP contribution in [0.25, 0.3) is 0 Å². The van der Waals surface area contributed by atoms with Crippen molar-refractivity contribution in [1.29, 1.82) is 0 Å². The number of methoxy groups -OCH3 is 1. The van der Waals surface area contributed by atoms with E-state index >= 15 is 0 Å². The third-order valence-electron chi connectivity index (χ3n) is 11.5. The lowest BCUT2D eigenvalue weighted by Crippen LogP contribution is -2.61. The fourth-order valence-electron chi connectivity index (χ4n) is 9.44. The summed E-state index contributed by atoms with van der Waals surface area (Å²) in [5, 5.41) is 40.5. The molecule has 0 aromatic carbocycles. The summed E-state index contributed by atoms with van der Waals surface area (Å²) < 4.78 is 16.4. The van der Waals surface area contributed by atoms with Gasteiger partial charge in [-0.3, -0.25) is 4.79 Å². The van der Waals surface area contributed by atoms with Gasteiger partial charge in [-0.25, -0.2) is 4.79 Å². The lowest BCUT2D eigenvalue weighted by molar-refractivity contribution is -0.310. The normalized spacial score (nSPS) is 51.5. The SMILES string of the molecule is COC(=O)C1OC(OC2CCC3(C)C(CCC4C3CCC3(C)C(C(=O)CO)CCC43)C2)C(O)C(O)C1O. The van der Waals surface area contributed by atoms with E-state index in [2.05, 4.69) is 18.6 Å². The summed E-state index contributed by atoms with van der Waals surface area (Å²) in [5.74, 6) is 1.39. The Morgan fingerprint density at radius 3 is 2.30 bits per heavy atom. The van der Waals surface area contributed by atoms with Crippen LogP contribution in [0.3, 0.4) is 0 Å². The number of hydrogen-bond acceptors (Lipinski definition) is 9. The fourth-order valence-corrected chi connectivity index (χ4v) is 9.44. The van der Waals surface area contributed by atoms with Gasteiger partial charge in [0, 0.05) is 5.92 Å². The number of carbonyl (C=O) groups excluding carboxylic acids is 2. The standard InChI is InChI=1S/C28H44O9/c1-27-10-8-15(36-26-23(33)21(31)22(32)24(37-26)25(34)35-3)12-14(27)4-5-16-17-6-7-19(20(30)13-29)28(17,2)11-9-18(16)27/h14-19,21-24,26,29,31-33H,4-13H2,1-3H3. The van der Waals surface area contributed by atoms with Crippen molar-refractivity contribution in [2.75, 3.05) is 13.7 Å². The zero-order valence-electron chi connectivity index (χ0n) is 22.3. The molecule has 9 heteroatoms. The first-order chi connectivity index (χ1) is 17.5. The Balaban J connectivity index is 1.25. The molecule has 13 atom stereocenters. The molecular formula is C28H44O9. The van der Waals surface area contributed by atoms with Crippen LogP contribution in [-0.2, 0) is 23.8 Å². The van der Waals surface area contributed by atoms with Gasteiger partial charge in [0.2, 0.25) is 0 Å². The minimum absolute atomic E-state index is 0.000525. The molecule has 4 saturated carbocycles. The van der Waals surface area contributed by atoms with Crippen LogP contribution in [0.5, 0.6) is 0 Å². The minimum atomic E-state index is -1.59. The van der Waals surface area contributed by atoms with Gasteiger partial charge in [-0.2, -0.15) is 0 Å². The maximum Gasteiger partial charge on any atom is 0.337 e. The molecule has 210 valence electrons. The quantitative estimate of drug-likeness (QED) is 0.311. The van der Waals surface area contributed by atoms with E-state index in [1.807, 2.05) is 0 Å². The van der Waals surface area contributed by atoms with E-state index in [1.165, 1.54) is 7.11 Å². The van der Waals surface area contributed by atoms with Crippen LogP contribution >= 0.6 is 0 Å². The highest BCUT2D eigenvalue weighted by Crippen LogP contribution is 2.67. The summed E-state index contributed by atoms with van der Waals surface area (Å²) in [6.07, 6.45) is 1.50. The Hall–Kier alpha value is -1.10. The van der Waals surface area contributed by atoms with Crippen LogP contribution in [0.1, 0.15) is 71.6 Å². The molecule has 5 fully saturated rings. The number of hydrogen-bond donors (Lipinski definition) is 4. The maximum atomic E-state index is 12.5. The summed E-state index contributed by atoms with van der Waals surface area (Å²) in [7, 11) is 1.17. The largest absolute Gasteiger partial charge is 0.467 e. The van der Waals surface area contributed by atoms with Crippen LogP contribution in [0.2, 0.25) is 0 Å². The highest BCUT2D eigenvalue weighted by molar-refractivity contribution is 5.83. The molecule has 0 radical (unpaired) electrons. The number of ether oxygens (including phenoxy) is 3. The second-order valence-corrected chi connectivity index (χ2v) is 12.9. The first kappa shape index (κ1) is 27.5. The molecule has 0 amide bonds. The number of esters is 1. The predicted octanol–water partition coefficient (Wildman–Crippen LogP) is 1.57. The van der Waals surface area contributed by atoms with Gasteiger partial charge < -0.3 is 34.6 Å². The van der Waals surface area contributed by atoms with Crippen LogP contribution in [0.15, 0.2) is 0 Å². The molecule has 0 bridgehead atoms. The molecule has 1 aliphatic heterocycles. The summed E-state index contributed by atoms with van der Waals surface area (Å²) in [6, 6.07) is 0. The summed E-state index contributed by atoms with van der Waals surface area (Å²) in [6.45, 7) is 4.37. The molecule has 1 saturated heterocycles. The van der Waals surface area contributed by atoms with Crippen LogP contribution < -0.4 is 0 Å². The van der Waals surface area contributed by atoms with Gasteiger partial charge in [-0.15, -0.1) is 0 Å². The van der Waals surface area contributed by atoms with Crippen LogP contribution in [-0.4, -0.2) is 82.7 Å². The molecule has 4 aliphatic carbocycles. The lowest BCUT2D eigenvalue weighted by Gasteiger charge is -2.61. The van der Waals surface area contributed by atoms with E-state index in [9.17, 15) is 30.0 Å². The summed E-state index contributed by atoms with van der Waals surface area (Å²) in [4.78, 5) is 24.5. The van der Waals surface area contributed by atoms with Crippen LogP contribution in [0, 0.1) is 40.4 Å². The van der Waals surface area contributed by atoms with Crippen molar-refractivity contribution in [3.63, 3.8) is 0 Å². The van der Waals surface area contributed by atoms with Gasteiger partial charge in [0.1, 0.15) is 24.9 Å². The monoisotopic (exact) mass is 524 g/mol. The van der Waals surface area contributed by atoms with Crippen molar-refractivity contribution < 1.29 is 44.2 Å². The number of rotatable bonds is 5. The highest BCUT2D eigenvalue weighted by Gasteiger charge is 2.61. The average Bonchev–Trinajstić information content (AvgIpc) is 3.25. The zero-order chi connectivity index (χ0) is 26.7. The van der Waals surface area contributed by atoms with Crippen molar-refractivity contribution in [3.05, 3.63) is 0 Å². The van der Waals surface area contributed by atoms with Crippen molar-refractivity contribution in [3.8, 4) is 0 Å². The molecule has 37 heavy (non-hydrogen) atoms. The van der Waals surface area contributed by atoms with Crippen molar-refractivity contribution in [2.45, 2.75) is 108 Å². The Morgan fingerprint density at radius 1 is 0.892 bits per heavy atom. The minimum Gasteiger partial charge on any atom is -0.467 e. The molecule has 13 unspecified atom stereocenters. The van der Waals surface area contributed by atoms with Gasteiger partial charge in [0.15, 0.2) is 18.2 Å². The van der Waals surface area contributed by atoms with E-state index in [4.69, 9.17) is 9.47 Å². The van der Waals surface area contributed by atoms with Gasteiger partial charge in [0.05, 0.1) is 13.2 Å². The second kappa shape index (κ2) is 10.1. The molecule has 5 aliphatic rings. The van der Waals surface area contributed by atoms with Gasteiger partial charge in [-0.1, -0.05) is 13.8 Å².